The van der Waals surface area contributed by atoms with Gasteiger partial charge >= 0.3 is 0 Å². The number of piperidine rings is 1. The van der Waals surface area contributed by atoms with Crippen molar-refractivity contribution in [2.75, 3.05) is 32.8 Å². The number of benzene rings is 1. The van der Waals surface area contributed by atoms with Crippen molar-refractivity contribution in [1.29, 1.82) is 0 Å². The van der Waals surface area contributed by atoms with Gasteiger partial charge in [-0.15, -0.1) is 0 Å². The second kappa shape index (κ2) is 7.45. The Morgan fingerprint density at radius 3 is 2.75 bits per heavy atom. The van der Waals surface area contributed by atoms with Crippen LogP contribution in [0.25, 0.3) is 0 Å². The van der Waals surface area contributed by atoms with Gasteiger partial charge in [-0.05, 0) is 17.7 Å². The number of rotatable bonds is 3. The Kier molecular flexibility index (Phi) is 5.52. The first kappa shape index (κ1) is 17.8. The van der Waals surface area contributed by atoms with Crippen LogP contribution in [0.15, 0.2) is 28.7 Å². The third kappa shape index (κ3) is 4.52. The molecule has 1 aromatic rings. The Hall–Kier alpha value is -1.05. The first-order valence-electron chi connectivity index (χ1n) is 8.18. The predicted molar refractivity (Wildman–Crippen MR) is 89.9 cm³/mol. The maximum atomic E-state index is 13.2. The van der Waals surface area contributed by atoms with Crippen LogP contribution in [0, 0.1) is 0 Å². The number of ether oxygens (including phenoxy) is 1. The highest BCUT2D eigenvalue weighted by Crippen LogP contribution is 2.28. The normalized spacial score (nSPS) is 24.8. The third-order valence-electron chi connectivity index (χ3n) is 4.53. The molecule has 2 saturated heterocycles. The highest BCUT2D eigenvalue weighted by Gasteiger charge is 2.38. The van der Waals surface area contributed by atoms with Gasteiger partial charge in [-0.3, -0.25) is 9.69 Å². The van der Waals surface area contributed by atoms with E-state index in [1.165, 1.54) is 4.90 Å². The van der Waals surface area contributed by atoms with Crippen LogP contribution in [0.5, 0.6) is 0 Å². The molecular formula is C17H21BrF2N2O2. The Morgan fingerprint density at radius 2 is 2.04 bits per heavy atom. The van der Waals surface area contributed by atoms with E-state index in [1.54, 1.807) is 0 Å². The molecule has 4 nitrogen and oxygen atoms in total. The summed E-state index contributed by atoms with van der Waals surface area (Å²) in [5, 5.41) is 0. The highest BCUT2D eigenvalue weighted by molar-refractivity contribution is 9.10. The molecule has 2 fully saturated rings. The molecule has 1 atom stereocenters. The van der Waals surface area contributed by atoms with Crippen LogP contribution in [0.4, 0.5) is 8.78 Å². The minimum atomic E-state index is -2.64. The van der Waals surface area contributed by atoms with Crippen LogP contribution in [-0.4, -0.2) is 60.5 Å². The van der Waals surface area contributed by atoms with Crippen LogP contribution in [0.2, 0.25) is 0 Å². The number of carbonyl (C=O) groups is 1. The molecule has 3 rings (SSSR count). The van der Waals surface area contributed by atoms with Crippen LogP contribution in [0.3, 0.4) is 0 Å². The first-order chi connectivity index (χ1) is 11.4. The number of hydrogen-bond acceptors (Lipinski definition) is 3. The maximum Gasteiger partial charge on any atom is 0.253 e. The standard InChI is InChI=1S/C17H21BrF2N2O2/c18-14-3-1-2-13(10-14)11-21-8-9-24-15(12-21)16(23)22-6-4-17(19,20)5-7-22/h1-3,10,15H,4-9,11-12H2. The summed E-state index contributed by atoms with van der Waals surface area (Å²) in [5.74, 6) is -2.80. The number of halogens is 3. The van der Waals surface area contributed by atoms with Gasteiger partial charge in [0.25, 0.3) is 11.8 Å². The SMILES string of the molecule is O=C(C1CN(Cc2cccc(Br)c2)CCO1)N1CCC(F)(F)CC1. The lowest BCUT2D eigenvalue weighted by Crippen LogP contribution is -2.53. The Labute approximate surface area is 148 Å². The second-order valence-electron chi connectivity index (χ2n) is 6.41. The minimum absolute atomic E-state index is 0.108. The fourth-order valence-electron chi connectivity index (χ4n) is 3.15. The average Bonchev–Trinajstić information content (AvgIpc) is 2.54. The molecule has 2 aliphatic heterocycles. The number of amides is 1. The van der Waals surface area contributed by atoms with Gasteiger partial charge in [-0.25, -0.2) is 8.78 Å². The molecule has 0 aliphatic carbocycles. The molecule has 24 heavy (non-hydrogen) atoms. The van der Waals surface area contributed by atoms with Crippen molar-refractivity contribution in [3.63, 3.8) is 0 Å². The summed E-state index contributed by atoms with van der Waals surface area (Å²) in [6, 6.07) is 8.06. The summed E-state index contributed by atoms with van der Waals surface area (Å²) in [6.45, 7) is 2.69. The van der Waals surface area contributed by atoms with Gasteiger partial charge in [0, 0.05) is 50.0 Å². The minimum Gasteiger partial charge on any atom is -0.366 e. The van der Waals surface area contributed by atoms with E-state index in [0.29, 0.717) is 13.2 Å². The zero-order valence-corrected chi connectivity index (χ0v) is 15.0. The molecule has 0 saturated carbocycles. The number of carbonyl (C=O) groups excluding carboxylic acids is 1. The molecule has 0 N–H and O–H groups in total. The molecule has 1 amide bonds. The molecule has 0 radical (unpaired) electrons. The van der Waals surface area contributed by atoms with Crippen LogP contribution >= 0.6 is 15.9 Å². The lowest BCUT2D eigenvalue weighted by atomic mass is 10.1. The van der Waals surface area contributed by atoms with Crippen molar-refractivity contribution >= 4 is 21.8 Å². The molecule has 0 aromatic heterocycles. The predicted octanol–water partition coefficient (Wildman–Crippen LogP) is 2.91. The van der Waals surface area contributed by atoms with E-state index in [1.807, 2.05) is 18.2 Å². The van der Waals surface area contributed by atoms with Gasteiger partial charge in [0.2, 0.25) is 0 Å². The van der Waals surface area contributed by atoms with Crippen molar-refractivity contribution < 1.29 is 18.3 Å². The van der Waals surface area contributed by atoms with Crippen molar-refractivity contribution in [2.45, 2.75) is 31.4 Å². The molecule has 7 heteroatoms. The van der Waals surface area contributed by atoms with E-state index in [0.717, 1.165) is 23.1 Å². The topological polar surface area (TPSA) is 32.8 Å². The fourth-order valence-corrected chi connectivity index (χ4v) is 3.59. The number of likely N-dealkylation sites (tertiary alicyclic amines) is 1. The lowest BCUT2D eigenvalue weighted by Gasteiger charge is -2.37. The Balaban J connectivity index is 1.56. The number of morpholine rings is 1. The molecule has 1 aromatic carbocycles. The summed E-state index contributed by atoms with van der Waals surface area (Å²) in [6.07, 6.45) is -1.07. The smallest absolute Gasteiger partial charge is 0.253 e. The quantitative estimate of drug-likeness (QED) is 0.778. The van der Waals surface area contributed by atoms with Crippen molar-refractivity contribution in [3.05, 3.63) is 34.3 Å². The van der Waals surface area contributed by atoms with Crippen molar-refractivity contribution in [3.8, 4) is 0 Å². The monoisotopic (exact) mass is 402 g/mol. The van der Waals surface area contributed by atoms with Crippen LogP contribution < -0.4 is 0 Å². The zero-order chi connectivity index (χ0) is 17.2. The Morgan fingerprint density at radius 1 is 1.29 bits per heavy atom. The van der Waals surface area contributed by atoms with Crippen molar-refractivity contribution in [2.24, 2.45) is 0 Å². The summed E-state index contributed by atoms with van der Waals surface area (Å²) in [4.78, 5) is 16.2. The van der Waals surface area contributed by atoms with Gasteiger partial charge in [-0.1, -0.05) is 28.1 Å². The largest absolute Gasteiger partial charge is 0.366 e. The van der Waals surface area contributed by atoms with Gasteiger partial charge < -0.3 is 9.64 Å². The third-order valence-corrected chi connectivity index (χ3v) is 5.02. The molecule has 2 heterocycles. The van der Waals surface area contributed by atoms with E-state index in [2.05, 4.69) is 26.9 Å². The summed E-state index contributed by atoms with van der Waals surface area (Å²) in [7, 11) is 0. The second-order valence-corrected chi connectivity index (χ2v) is 7.32. The summed E-state index contributed by atoms with van der Waals surface area (Å²) >= 11 is 3.46. The summed E-state index contributed by atoms with van der Waals surface area (Å²) < 4.78 is 33.1. The van der Waals surface area contributed by atoms with Crippen molar-refractivity contribution in [1.82, 2.24) is 9.80 Å². The Bertz CT molecular complexity index is 590. The van der Waals surface area contributed by atoms with E-state index >= 15 is 0 Å². The number of alkyl halides is 2. The van der Waals surface area contributed by atoms with Crippen LogP contribution in [-0.2, 0) is 16.1 Å². The molecule has 132 valence electrons. The van der Waals surface area contributed by atoms with Gasteiger partial charge in [0.1, 0.15) is 6.10 Å². The molecular weight excluding hydrogens is 382 g/mol. The zero-order valence-electron chi connectivity index (χ0n) is 13.4. The van der Waals surface area contributed by atoms with Crippen LogP contribution in [0.1, 0.15) is 18.4 Å². The first-order valence-corrected chi connectivity index (χ1v) is 8.97. The lowest BCUT2D eigenvalue weighted by molar-refractivity contribution is -0.155. The van der Waals surface area contributed by atoms with E-state index in [4.69, 9.17) is 4.74 Å². The number of hydrogen-bond donors (Lipinski definition) is 0. The number of nitrogens with zero attached hydrogens (tertiary/aromatic N) is 2. The molecule has 0 spiro atoms. The van der Waals surface area contributed by atoms with Gasteiger partial charge in [-0.2, -0.15) is 0 Å². The van der Waals surface area contributed by atoms with E-state index in [9.17, 15) is 13.6 Å². The van der Waals surface area contributed by atoms with E-state index in [-0.39, 0.29) is 31.8 Å². The molecule has 2 aliphatic rings. The van der Waals surface area contributed by atoms with Gasteiger partial charge in [0.05, 0.1) is 6.61 Å². The van der Waals surface area contributed by atoms with Gasteiger partial charge in [0.15, 0.2) is 0 Å². The summed E-state index contributed by atoms with van der Waals surface area (Å²) in [5.41, 5.74) is 1.16. The molecule has 0 bridgehead atoms. The maximum absolute atomic E-state index is 13.2. The average molecular weight is 403 g/mol. The highest BCUT2D eigenvalue weighted by atomic mass is 79.9. The fraction of sp³-hybridized carbons (Fsp3) is 0.588. The molecule has 1 unspecified atom stereocenters. The van der Waals surface area contributed by atoms with E-state index < -0.39 is 12.0 Å².